The van der Waals surface area contributed by atoms with E-state index in [1.54, 1.807) is 32.9 Å². The summed E-state index contributed by atoms with van der Waals surface area (Å²) in [4.78, 5) is 15.7. The number of rotatable bonds is 7. The number of aryl methyl sites for hydroxylation is 1. The second kappa shape index (κ2) is 12.0. The molecule has 0 radical (unpaired) electrons. The Kier molecular flexibility index (Phi) is 9.63. The molecule has 0 saturated heterocycles. The van der Waals surface area contributed by atoms with E-state index in [-0.39, 0.29) is 23.4 Å². The van der Waals surface area contributed by atoms with Crippen molar-refractivity contribution in [1.82, 2.24) is 4.31 Å². The standard InChI is InChI=1S/C24H34N4O4S/c1-19-14-16-21(17-15-19)33(30,31)28(23(29)32-24(2,3)4)18-10-6-5-7-11-20-12-8-9-13-22(20)26-27-25/h14-17,20,22H,5-6,8-10,12-13,18H2,1-4H3. The van der Waals surface area contributed by atoms with E-state index in [0.29, 0.717) is 19.3 Å². The van der Waals surface area contributed by atoms with E-state index in [0.717, 1.165) is 35.6 Å². The lowest BCUT2D eigenvalue weighted by Crippen LogP contribution is -2.41. The smallest absolute Gasteiger partial charge is 0.424 e. The molecule has 0 aromatic heterocycles. The predicted molar refractivity (Wildman–Crippen MR) is 128 cm³/mol. The van der Waals surface area contributed by atoms with Gasteiger partial charge in [-0.3, -0.25) is 0 Å². The van der Waals surface area contributed by atoms with Gasteiger partial charge >= 0.3 is 6.09 Å². The molecule has 0 heterocycles. The molecule has 1 saturated carbocycles. The number of nitrogens with zero attached hydrogens (tertiary/aromatic N) is 4. The average Bonchev–Trinajstić information content (AvgIpc) is 2.73. The van der Waals surface area contributed by atoms with Gasteiger partial charge < -0.3 is 4.74 Å². The molecule has 2 unspecified atom stereocenters. The van der Waals surface area contributed by atoms with E-state index in [4.69, 9.17) is 10.3 Å². The minimum Gasteiger partial charge on any atom is -0.443 e. The summed E-state index contributed by atoms with van der Waals surface area (Å²) in [6.07, 6.45) is 4.72. The van der Waals surface area contributed by atoms with Gasteiger partial charge in [0, 0.05) is 23.8 Å². The van der Waals surface area contributed by atoms with Crippen LogP contribution in [0.1, 0.15) is 71.3 Å². The Labute approximate surface area is 197 Å². The average molecular weight is 475 g/mol. The minimum absolute atomic E-state index is 0.0115. The highest BCUT2D eigenvalue weighted by Crippen LogP contribution is 2.26. The highest BCUT2D eigenvalue weighted by molar-refractivity contribution is 7.89. The number of hydrogen-bond donors (Lipinski definition) is 0. The van der Waals surface area contributed by atoms with Gasteiger partial charge in [0.15, 0.2) is 0 Å². The van der Waals surface area contributed by atoms with Gasteiger partial charge in [-0.1, -0.05) is 41.6 Å². The number of amides is 1. The maximum absolute atomic E-state index is 13.2. The van der Waals surface area contributed by atoms with Crippen LogP contribution in [0.15, 0.2) is 34.3 Å². The van der Waals surface area contributed by atoms with E-state index in [2.05, 4.69) is 21.9 Å². The summed E-state index contributed by atoms with van der Waals surface area (Å²) in [6, 6.07) is 6.32. The zero-order chi connectivity index (χ0) is 24.5. The second-order valence-corrected chi connectivity index (χ2v) is 11.2. The van der Waals surface area contributed by atoms with Crippen LogP contribution < -0.4 is 0 Å². The first-order valence-corrected chi connectivity index (χ1v) is 12.8. The van der Waals surface area contributed by atoms with Gasteiger partial charge in [0.05, 0.1) is 10.9 Å². The van der Waals surface area contributed by atoms with Crippen LogP contribution in [0, 0.1) is 24.7 Å². The molecule has 2 atom stereocenters. The maximum Gasteiger partial charge on any atom is 0.424 e. The van der Waals surface area contributed by atoms with E-state index >= 15 is 0 Å². The molecule has 180 valence electrons. The Hall–Kier alpha value is -2.69. The Balaban J connectivity index is 2.03. The fourth-order valence-electron chi connectivity index (χ4n) is 3.62. The summed E-state index contributed by atoms with van der Waals surface area (Å²) in [5.74, 6) is 6.44. The van der Waals surface area contributed by atoms with Crippen LogP contribution in [0.3, 0.4) is 0 Å². The molecule has 2 rings (SSSR count). The van der Waals surface area contributed by atoms with Gasteiger partial charge in [0.2, 0.25) is 0 Å². The first kappa shape index (κ1) is 26.6. The molecule has 1 aliphatic rings. The Morgan fingerprint density at radius 1 is 1.21 bits per heavy atom. The fourth-order valence-corrected chi connectivity index (χ4v) is 4.95. The third kappa shape index (κ3) is 8.30. The van der Waals surface area contributed by atoms with Gasteiger partial charge in [-0.05, 0) is 71.0 Å². The van der Waals surface area contributed by atoms with Crippen LogP contribution in [0.2, 0.25) is 0 Å². The Morgan fingerprint density at radius 3 is 2.52 bits per heavy atom. The zero-order valence-electron chi connectivity index (χ0n) is 20.0. The van der Waals surface area contributed by atoms with Crippen molar-refractivity contribution in [1.29, 1.82) is 0 Å². The van der Waals surface area contributed by atoms with Crippen molar-refractivity contribution in [2.24, 2.45) is 11.0 Å². The summed E-state index contributed by atoms with van der Waals surface area (Å²) < 4.78 is 32.5. The van der Waals surface area contributed by atoms with Crippen molar-refractivity contribution < 1.29 is 17.9 Å². The van der Waals surface area contributed by atoms with Crippen molar-refractivity contribution in [3.8, 4) is 11.8 Å². The van der Waals surface area contributed by atoms with Crippen LogP contribution in [0.4, 0.5) is 4.79 Å². The molecule has 1 aromatic carbocycles. The lowest BCUT2D eigenvalue weighted by molar-refractivity contribution is 0.0389. The van der Waals surface area contributed by atoms with E-state index in [1.807, 2.05) is 6.92 Å². The van der Waals surface area contributed by atoms with Gasteiger partial charge in [0.25, 0.3) is 10.0 Å². The summed E-state index contributed by atoms with van der Waals surface area (Å²) in [6.45, 7) is 6.98. The molecule has 0 N–H and O–H groups in total. The number of ether oxygens (including phenoxy) is 1. The predicted octanol–water partition coefficient (Wildman–Crippen LogP) is 5.96. The molecular weight excluding hydrogens is 440 g/mol. The number of benzene rings is 1. The zero-order valence-corrected chi connectivity index (χ0v) is 20.8. The molecule has 1 aliphatic carbocycles. The molecule has 0 bridgehead atoms. The number of carbonyl (C=O) groups is 1. The van der Waals surface area contributed by atoms with E-state index in [1.165, 1.54) is 12.1 Å². The topological polar surface area (TPSA) is 112 Å². The molecule has 9 heteroatoms. The summed E-state index contributed by atoms with van der Waals surface area (Å²) in [5.41, 5.74) is 8.84. The van der Waals surface area contributed by atoms with E-state index in [9.17, 15) is 13.2 Å². The minimum atomic E-state index is -4.04. The van der Waals surface area contributed by atoms with E-state index < -0.39 is 21.7 Å². The van der Waals surface area contributed by atoms with Gasteiger partial charge in [0.1, 0.15) is 5.60 Å². The lowest BCUT2D eigenvalue weighted by Gasteiger charge is -2.27. The number of carbonyl (C=O) groups excluding carboxylic acids is 1. The molecule has 0 aliphatic heterocycles. The van der Waals surface area contributed by atoms with Crippen molar-refractivity contribution >= 4 is 16.1 Å². The highest BCUT2D eigenvalue weighted by atomic mass is 32.2. The summed E-state index contributed by atoms with van der Waals surface area (Å²) in [7, 11) is -4.04. The highest BCUT2D eigenvalue weighted by Gasteiger charge is 2.32. The quantitative estimate of drug-likeness (QED) is 0.159. The Morgan fingerprint density at radius 2 is 1.88 bits per heavy atom. The maximum atomic E-state index is 13.2. The largest absolute Gasteiger partial charge is 0.443 e. The van der Waals surface area contributed by atoms with Crippen LogP contribution in [0.25, 0.3) is 10.4 Å². The van der Waals surface area contributed by atoms with Crippen molar-refractivity contribution in [2.45, 2.75) is 89.2 Å². The van der Waals surface area contributed by atoms with Gasteiger partial charge in [-0.2, -0.15) is 0 Å². The molecule has 0 spiro atoms. The van der Waals surface area contributed by atoms with Gasteiger partial charge in [-0.25, -0.2) is 17.5 Å². The van der Waals surface area contributed by atoms with Crippen molar-refractivity contribution in [3.63, 3.8) is 0 Å². The third-order valence-corrected chi connectivity index (χ3v) is 7.12. The molecule has 8 nitrogen and oxygen atoms in total. The molecule has 33 heavy (non-hydrogen) atoms. The Bertz CT molecular complexity index is 1010. The lowest BCUT2D eigenvalue weighted by atomic mass is 9.85. The van der Waals surface area contributed by atoms with Crippen molar-refractivity contribution in [3.05, 3.63) is 40.3 Å². The monoisotopic (exact) mass is 474 g/mol. The first-order chi connectivity index (χ1) is 15.5. The molecule has 1 aromatic rings. The van der Waals surface area contributed by atoms with Gasteiger partial charge in [-0.15, -0.1) is 5.92 Å². The van der Waals surface area contributed by atoms with Crippen LogP contribution in [-0.2, 0) is 14.8 Å². The number of sulfonamides is 1. The van der Waals surface area contributed by atoms with Crippen LogP contribution >= 0.6 is 0 Å². The van der Waals surface area contributed by atoms with Crippen LogP contribution in [0.5, 0.6) is 0 Å². The SMILES string of the molecule is Cc1ccc(S(=O)(=O)N(CCCCC#CC2CCCCC2N=[N+]=[N-])C(=O)OC(C)(C)C)cc1. The van der Waals surface area contributed by atoms with Crippen LogP contribution in [-0.4, -0.2) is 37.0 Å². The molecule has 1 fully saturated rings. The molecular formula is C24H34N4O4S. The second-order valence-electron chi connectivity index (χ2n) is 9.31. The number of hydrogen-bond acceptors (Lipinski definition) is 5. The first-order valence-electron chi connectivity index (χ1n) is 11.4. The van der Waals surface area contributed by atoms with Crippen molar-refractivity contribution in [2.75, 3.05) is 6.54 Å². The summed E-state index contributed by atoms with van der Waals surface area (Å²) in [5, 5.41) is 3.87. The molecule has 1 amide bonds. The normalized spacial score (nSPS) is 18.4. The number of azide groups is 1. The summed E-state index contributed by atoms with van der Waals surface area (Å²) >= 11 is 0. The number of unbranched alkanes of at least 4 members (excludes halogenated alkanes) is 2. The third-order valence-electron chi connectivity index (χ3n) is 5.34. The fraction of sp³-hybridized carbons (Fsp3) is 0.625.